The topological polar surface area (TPSA) is 29.5 Å². The van der Waals surface area contributed by atoms with Crippen LogP contribution in [0.3, 0.4) is 0 Å². The zero-order valence-electron chi connectivity index (χ0n) is 11.1. The zero-order valence-corrected chi connectivity index (χ0v) is 11.1. The third-order valence-electron chi connectivity index (χ3n) is 2.97. The maximum Gasteiger partial charge on any atom is 0.125 e. The molecule has 1 aromatic rings. The van der Waals surface area contributed by atoms with Gasteiger partial charge in [-0.15, -0.1) is 0 Å². The maximum atomic E-state index is 9.90. The summed E-state index contributed by atoms with van der Waals surface area (Å²) in [5.41, 5.74) is 0.902. The lowest BCUT2D eigenvalue weighted by atomic mass is 10.1. The Morgan fingerprint density at radius 1 is 1.24 bits per heavy atom. The highest BCUT2D eigenvalue weighted by atomic mass is 16.5. The number of ether oxygens (including phenoxy) is 1. The monoisotopic (exact) mass is 236 g/mol. The quantitative estimate of drug-likeness (QED) is 0.777. The molecule has 0 spiro atoms. The summed E-state index contributed by atoms with van der Waals surface area (Å²) in [7, 11) is 0. The number of aliphatic hydroxyl groups is 1. The van der Waals surface area contributed by atoms with Gasteiger partial charge in [0.15, 0.2) is 0 Å². The van der Waals surface area contributed by atoms with E-state index in [1.807, 2.05) is 31.2 Å². The van der Waals surface area contributed by atoms with Crippen molar-refractivity contribution in [1.29, 1.82) is 0 Å². The second-order valence-electron chi connectivity index (χ2n) is 4.67. The molecule has 0 fully saturated rings. The van der Waals surface area contributed by atoms with Crippen molar-refractivity contribution in [2.24, 2.45) is 5.92 Å². The molecule has 1 unspecified atom stereocenters. The predicted octanol–water partition coefficient (Wildman–Crippen LogP) is 3.95. The van der Waals surface area contributed by atoms with E-state index < -0.39 is 6.10 Å². The summed E-state index contributed by atoms with van der Waals surface area (Å²) >= 11 is 0. The van der Waals surface area contributed by atoms with Gasteiger partial charge in [0.1, 0.15) is 5.75 Å². The van der Waals surface area contributed by atoms with Gasteiger partial charge in [-0.25, -0.2) is 0 Å². The second kappa shape index (κ2) is 7.33. The average molecular weight is 236 g/mol. The molecular weight excluding hydrogens is 212 g/mol. The first-order valence-electron chi connectivity index (χ1n) is 6.58. The first-order valence-corrected chi connectivity index (χ1v) is 6.58. The van der Waals surface area contributed by atoms with Crippen LogP contribution in [-0.2, 0) is 0 Å². The van der Waals surface area contributed by atoms with E-state index in [0.717, 1.165) is 17.9 Å². The van der Waals surface area contributed by atoms with Crippen molar-refractivity contribution in [2.75, 3.05) is 6.61 Å². The fourth-order valence-corrected chi connectivity index (χ4v) is 1.92. The smallest absolute Gasteiger partial charge is 0.125 e. The molecule has 17 heavy (non-hydrogen) atoms. The summed E-state index contributed by atoms with van der Waals surface area (Å²) in [6, 6.07) is 7.77. The maximum absolute atomic E-state index is 9.90. The van der Waals surface area contributed by atoms with Crippen molar-refractivity contribution < 1.29 is 9.84 Å². The molecule has 1 N–H and O–H groups in total. The van der Waals surface area contributed by atoms with E-state index in [4.69, 9.17) is 4.74 Å². The van der Waals surface area contributed by atoms with Crippen LogP contribution in [0.5, 0.6) is 5.75 Å². The van der Waals surface area contributed by atoms with Gasteiger partial charge in [-0.3, -0.25) is 0 Å². The highest BCUT2D eigenvalue weighted by Crippen LogP contribution is 2.27. The lowest BCUT2D eigenvalue weighted by Crippen LogP contribution is -2.10. The third kappa shape index (κ3) is 4.39. The second-order valence-corrected chi connectivity index (χ2v) is 4.67. The minimum absolute atomic E-state index is 0.423. The van der Waals surface area contributed by atoms with Gasteiger partial charge < -0.3 is 9.84 Å². The fourth-order valence-electron chi connectivity index (χ4n) is 1.92. The Morgan fingerprint density at radius 3 is 2.59 bits per heavy atom. The van der Waals surface area contributed by atoms with Crippen LogP contribution in [0.2, 0.25) is 0 Å². The van der Waals surface area contributed by atoms with Gasteiger partial charge >= 0.3 is 0 Å². The van der Waals surface area contributed by atoms with Crippen LogP contribution in [0.25, 0.3) is 0 Å². The van der Waals surface area contributed by atoms with Crippen molar-refractivity contribution in [1.82, 2.24) is 0 Å². The summed E-state index contributed by atoms with van der Waals surface area (Å²) in [4.78, 5) is 0. The van der Waals surface area contributed by atoms with Gasteiger partial charge in [-0.1, -0.05) is 45.4 Å². The Bertz CT molecular complexity index is 322. The summed E-state index contributed by atoms with van der Waals surface area (Å²) < 4.78 is 5.81. The molecule has 0 aromatic heterocycles. The SMILES string of the molecule is CCCC(C)COc1ccccc1[C@H](O)CC. The number of rotatable bonds is 7. The Labute approximate surface area is 105 Å². The van der Waals surface area contributed by atoms with E-state index in [9.17, 15) is 5.11 Å². The fraction of sp³-hybridized carbons (Fsp3) is 0.600. The molecular formula is C15H24O2. The molecule has 0 bridgehead atoms. The van der Waals surface area contributed by atoms with E-state index in [1.165, 1.54) is 12.8 Å². The van der Waals surface area contributed by atoms with E-state index in [-0.39, 0.29) is 0 Å². The van der Waals surface area contributed by atoms with Gasteiger partial charge in [0.25, 0.3) is 0 Å². The molecule has 1 rings (SSSR count). The highest BCUT2D eigenvalue weighted by Gasteiger charge is 2.11. The number of para-hydroxylation sites is 1. The van der Waals surface area contributed by atoms with E-state index >= 15 is 0 Å². The van der Waals surface area contributed by atoms with Crippen LogP contribution >= 0.6 is 0 Å². The van der Waals surface area contributed by atoms with E-state index in [1.54, 1.807) is 0 Å². The van der Waals surface area contributed by atoms with Gasteiger partial charge in [-0.05, 0) is 24.8 Å². The van der Waals surface area contributed by atoms with Crippen LogP contribution in [0.15, 0.2) is 24.3 Å². The molecule has 2 atom stereocenters. The van der Waals surface area contributed by atoms with Gasteiger partial charge in [0.05, 0.1) is 12.7 Å². The van der Waals surface area contributed by atoms with Gasteiger partial charge in [0, 0.05) is 5.56 Å². The average Bonchev–Trinajstić information content (AvgIpc) is 2.36. The molecule has 2 nitrogen and oxygen atoms in total. The zero-order chi connectivity index (χ0) is 12.7. The summed E-state index contributed by atoms with van der Waals surface area (Å²) in [5, 5.41) is 9.90. The largest absolute Gasteiger partial charge is 0.493 e. The molecule has 0 amide bonds. The van der Waals surface area contributed by atoms with E-state index in [0.29, 0.717) is 12.3 Å². The Morgan fingerprint density at radius 2 is 1.94 bits per heavy atom. The van der Waals surface area contributed by atoms with Crippen molar-refractivity contribution in [3.05, 3.63) is 29.8 Å². The molecule has 0 saturated heterocycles. The lowest BCUT2D eigenvalue weighted by Gasteiger charge is -2.17. The van der Waals surface area contributed by atoms with Crippen molar-refractivity contribution in [3.8, 4) is 5.75 Å². The molecule has 0 aliphatic rings. The molecule has 0 aliphatic carbocycles. The van der Waals surface area contributed by atoms with Crippen molar-refractivity contribution in [2.45, 2.75) is 46.1 Å². The van der Waals surface area contributed by atoms with Crippen LogP contribution in [-0.4, -0.2) is 11.7 Å². The Kier molecular flexibility index (Phi) is 6.06. The number of benzene rings is 1. The normalized spacial score (nSPS) is 14.4. The molecule has 2 heteroatoms. The number of aliphatic hydroxyl groups excluding tert-OH is 1. The molecule has 96 valence electrons. The van der Waals surface area contributed by atoms with Crippen LogP contribution in [0.1, 0.15) is 51.7 Å². The lowest BCUT2D eigenvalue weighted by molar-refractivity contribution is 0.164. The number of hydrogen-bond acceptors (Lipinski definition) is 2. The Hall–Kier alpha value is -1.02. The summed E-state index contributed by atoms with van der Waals surface area (Å²) in [5.74, 6) is 1.39. The highest BCUT2D eigenvalue weighted by molar-refractivity contribution is 5.34. The molecule has 1 aromatic carbocycles. The molecule has 0 radical (unpaired) electrons. The molecule has 0 aliphatic heterocycles. The molecule has 0 saturated carbocycles. The first kappa shape index (κ1) is 14.0. The summed E-state index contributed by atoms with van der Waals surface area (Å²) in [6.07, 6.45) is 2.65. The van der Waals surface area contributed by atoms with Gasteiger partial charge in [0.2, 0.25) is 0 Å². The molecule has 0 heterocycles. The third-order valence-corrected chi connectivity index (χ3v) is 2.97. The van der Waals surface area contributed by atoms with Crippen molar-refractivity contribution >= 4 is 0 Å². The minimum atomic E-state index is -0.423. The van der Waals surface area contributed by atoms with Crippen molar-refractivity contribution in [3.63, 3.8) is 0 Å². The number of hydrogen-bond donors (Lipinski definition) is 1. The minimum Gasteiger partial charge on any atom is -0.493 e. The van der Waals surface area contributed by atoms with Crippen LogP contribution in [0.4, 0.5) is 0 Å². The standard InChI is InChI=1S/C15H24O2/c1-4-8-12(3)11-17-15-10-7-6-9-13(15)14(16)5-2/h6-7,9-10,12,14,16H,4-5,8,11H2,1-3H3/t12?,14-/m1/s1. The van der Waals surface area contributed by atoms with Crippen LogP contribution < -0.4 is 4.74 Å². The summed E-state index contributed by atoms with van der Waals surface area (Å²) in [6.45, 7) is 7.08. The Balaban J connectivity index is 2.63. The van der Waals surface area contributed by atoms with Gasteiger partial charge in [-0.2, -0.15) is 0 Å². The predicted molar refractivity (Wildman–Crippen MR) is 71.3 cm³/mol. The van der Waals surface area contributed by atoms with E-state index in [2.05, 4.69) is 13.8 Å². The van der Waals surface area contributed by atoms with Crippen LogP contribution in [0, 0.1) is 5.92 Å². The first-order chi connectivity index (χ1) is 8.19.